The average molecular weight is 549 g/mol. The highest BCUT2D eigenvalue weighted by Crippen LogP contribution is 2.52. The lowest BCUT2D eigenvalue weighted by Gasteiger charge is -2.37. The summed E-state index contributed by atoms with van der Waals surface area (Å²) in [5.41, 5.74) is 5.79. The molecular formula is C32H23F3N6. The van der Waals surface area contributed by atoms with Crippen LogP contribution >= 0.6 is 0 Å². The van der Waals surface area contributed by atoms with E-state index in [1.54, 1.807) is 0 Å². The van der Waals surface area contributed by atoms with Crippen LogP contribution in [0.2, 0.25) is 0 Å². The first-order valence-electron chi connectivity index (χ1n) is 13.1. The maximum absolute atomic E-state index is 13.6. The van der Waals surface area contributed by atoms with Gasteiger partial charge in [-0.2, -0.15) is 13.2 Å². The van der Waals surface area contributed by atoms with E-state index in [1.807, 2.05) is 97.3 Å². The van der Waals surface area contributed by atoms with Crippen molar-refractivity contribution in [2.75, 3.05) is 9.80 Å². The fourth-order valence-corrected chi connectivity index (χ4v) is 5.04. The molecule has 0 spiro atoms. The molecule has 6 aromatic rings. The summed E-state index contributed by atoms with van der Waals surface area (Å²) in [6.45, 7) is 5.98. The molecule has 9 heteroatoms. The second-order valence-corrected chi connectivity index (χ2v) is 10.3. The molecular weight excluding hydrogens is 525 g/mol. The summed E-state index contributed by atoms with van der Waals surface area (Å²) in [5.74, 6) is 1.84. The number of anilines is 6. The Balaban J connectivity index is 1.58. The van der Waals surface area contributed by atoms with Crippen molar-refractivity contribution >= 4 is 56.7 Å². The van der Waals surface area contributed by atoms with Crippen LogP contribution in [0.25, 0.3) is 22.1 Å². The molecule has 0 saturated heterocycles. The zero-order valence-electron chi connectivity index (χ0n) is 22.4. The molecule has 7 rings (SSSR count). The molecule has 3 heterocycles. The first-order chi connectivity index (χ1) is 19.7. The molecule has 1 aliphatic heterocycles. The molecule has 4 aromatic carbocycles. The van der Waals surface area contributed by atoms with Crippen LogP contribution in [0.4, 0.5) is 47.8 Å². The maximum atomic E-state index is 13.6. The predicted octanol–water partition coefficient (Wildman–Crippen LogP) is 8.77. The molecule has 0 radical (unpaired) electrons. The summed E-state index contributed by atoms with van der Waals surface area (Å²) in [7, 11) is 0. The third kappa shape index (κ3) is 4.21. The lowest BCUT2D eigenvalue weighted by molar-refractivity contribution is -0.137. The Bertz CT molecular complexity index is 1970. The first kappa shape index (κ1) is 25.0. The molecule has 0 fully saturated rings. The highest BCUT2D eigenvalue weighted by atomic mass is 19.4. The van der Waals surface area contributed by atoms with E-state index in [0.29, 0.717) is 39.8 Å². The largest absolute Gasteiger partial charge is 0.416 e. The van der Waals surface area contributed by atoms with Crippen LogP contribution in [0.15, 0.2) is 84.9 Å². The average Bonchev–Trinajstić information content (AvgIpc) is 2.94. The smallest absolute Gasteiger partial charge is 0.273 e. The standard InChI is InChI=1S/C32H23F3N6/c1-18-4-10-22(11-5-18)40-28-30(38-26-16-20(3)8-14-24(26)36-28)41(23-12-6-19(2)7-13-23)31-29(40)37-25-15-9-21(32(33,34)35)17-27(25)39-31/h4-17H,1-3H3. The van der Waals surface area contributed by atoms with Crippen molar-refractivity contribution in [2.24, 2.45) is 0 Å². The number of halogens is 3. The number of rotatable bonds is 2. The number of hydrogen-bond donors (Lipinski definition) is 0. The molecule has 2 aromatic heterocycles. The van der Waals surface area contributed by atoms with Gasteiger partial charge in [-0.1, -0.05) is 41.5 Å². The van der Waals surface area contributed by atoms with Crippen molar-refractivity contribution in [1.82, 2.24) is 19.9 Å². The van der Waals surface area contributed by atoms with Gasteiger partial charge in [0.25, 0.3) is 0 Å². The normalized spacial score (nSPS) is 13.0. The molecule has 202 valence electrons. The van der Waals surface area contributed by atoms with Gasteiger partial charge in [-0.3, -0.25) is 9.80 Å². The number of alkyl halides is 3. The molecule has 0 amide bonds. The molecule has 0 unspecified atom stereocenters. The number of aryl methyl sites for hydroxylation is 3. The van der Waals surface area contributed by atoms with E-state index in [0.717, 1.165) is 40.2 Å². The number of nitrogens with zero attached hydrogens (tertiary/aromatic N) is 6. The van der Waals surface area contributed by atoms with E-state index in [1.165, 1.54) is 6.07 Å². The first-order valence-corrected chi connectivity index (χ1v) is 13.1. The summed E-state index contributed by atoms with van der Waals surface area (Å²) in [5, 5.41) is 0. The van der Waals surface area contributed by atoms with Gasteiger partial charge < -0.3 is 0 Å². The lowest BCUT2D eigenvalue weighted by atomic mass is 10.1. The van der Waals surface area contributed by atoms with Gasteiger partial charge in [-0.25, -0.2) is 19.9 Å². The molecule has 0 aliphatic carbocycles. The molecule has 41 heavy (non-hydrogen) atoms. The predicted molar refractivity (Wildman–Crippen MR) is 155 cm³/mol. The minimum absolute atomic E-state index is 0.132. The maximum Gasteiger partial charge on any atom is 0.416 e. The third-order valence-electron chi connectivity index (χ3n) is 7.17. The van der Waals surface area contributed by atoms with E-state index in [4.69, 9.17) is 19.9 Å². The van der Waals surface area contributed by atoms with Crippen molar-refractivity contribution in [3.63, 3.8) is 0 Å². The molecule has 0 bridgehead atoms. The van der Waals surface area contributed by atoms with Gasteiger partial charge in [0, 0.05) is 11.4 Å². The van der Waals surface area contributed by atoms with Gasteiger partial charge in [-0.15, -0.1) is 0 Å². The highest BCUT2D eigenvalue weighted by Gasteiger charge is 2.37. The summed E-state index contributed by atoms with van der Waals surface area (Å²) in [4.78, 5) is 23.5. The van der Waals surface area contributed by atoms with Crippen molar-refractivity contribution < 1.29 is 13.2 Å². The lowest BCUT2D eigenvalue weighted by Crippen LogP contribution is -2.28. The van der Waals surface area contributed by atoms with E-state index in [2.05, 4.69) is 0 Å². The Morgan fingerprint density at radius 2 is 0.854 bits per heavy atom. The van der Waals surface area contributed by atoms with Crippen LogP contribution in [0.1, 0.15) is 22.3 Å². The fourth-order valence-electron chi connectivity index (χ4n) is 5.04. The second kappa shape index (κ2) is 8.99. The molecule has 0 saturated carbocycles. The quantitative estimate of drug-likeness (QED) is 0.215. The van der Waals surface area contributed by atoms with Crippen LogP contribution in [0, 0.1) is 20.8 Å². The Labute approximate surface area is 233 Å². The van der Waals surface area contributed by atoms with Crippen LogP contribution in [0.3, 0.4) is 0 Å². The summed E-state index contributed by atoms with van der Waals surface area (Å²) in [6, 6.07) is 25.0. The summed E-state index contributed by atoms with van der Waals surface area (Å²) >= 11 is 0. The van der Waals surface area contributed by atoms with E-state index in [-0.39, 0.29) is 5.52 Å². The van der Waals surface area contributed by atoms with Crippen LogP contribution in [-0.4, -0.2) is 19.9 Å². The SMILES string of the molecule is Cc1ccc(N2c3nc4ccc(C)cc4nc3N(c3ccc(C)cc3)c3nc4cc(C(F)(F)F)ccc4nc32)cc1. The van der Waals surface area contributed by atoms with Crippen LogP contribution in [0.5, 0.6) is 0 Å². The number of hydrogen-bond acceptors (Lipinski definition) is 6. The monoisotopic (exact) mass is 548 g/mol. The van der Waals surface area contributed by atoms with Crippen molar-refractivity contribution in [2.45, 2.75) is 26.9 Å². The number of benzene rings is 4. The Hall–Kier alpha value is -5.05. The van der Waals surface area contributed by atoms with E-state index < -0.39 is 11.7 Å². The van der Waals surface area contributed by atoms with Gasteiger partial charge in [0.2, 0.25) is 0 Å². The van der Waals surface area contributed by atoms with Crippen molar-refractivity contribution in [1.29, 1.82) is 0 Å². The molecule has 0 atom stereocenters. The fraction of sp³-hybridized carbons (Fsp3) is 0.125. The minimum Gasteiger partial charge on any atom is -0.273 e. The minimum atomic E-state index is -4.51. The Morgan fingerprint density at radius 3 is 1.32 bits per heavy atom. The molecule has 6 nitrogen and oxygen atoms in total. The van der Waals surface area contributed by atoms with Gasteiger partial charge in [0.05, 0.1) is 27.6 Å². The summed E-state index contributed by atoms with van der Waals surface area (Å²) in [6.07, 6.45) is -4.51. The van der Waals surface area contributed by atoms with Crippen LogP contribution in [-0.2, 0) is 6.18 Å². The Morgan fingerprint density at radius 1 is 0.463 bits per heavy atom. The zero-order valence-corrected chi connectivity index (χ0v) is 22.4. The third-order valence-corrected chi connectivity index (χ3v) is 7.17. The van der Waals surface area contributed by atoms with Gasteiger partial charge >= 0.3 is 6.18 Å². The number of fused-ring (bicyclic) bond motifs is 4. The van der Waals surface area contributed by atoms with Crippen molar-refractivity contribution in [3.8, 4) is 0 Å². The van der Waals surface area contributed by atoms with Crippen molar-refractivity contribution in [3.05, 3.63) is 107 Å². The van der Waals surface area contributed by atoms with E-state index >= 15 is 0 Å². The van der Waals surface area contributed by atoms with Gasteiger partial charge in [-0.05, 0) is 80.9 Å². The number of aromatic nitrogens is 4. The van der Waals surface area contributed by atoms with Gasteiger partial charge in [0.1, 0.15) is 0 Å². The highest BCUT2D eigenvalue weighted by molar-refractivity contribution is 6.00. The second-order valence-electron chi connectivity index (χ2n) is 10.3. The van der Waals surface area contributed by atoms with Crippen LogP contribution < -0.4 is 9.80 Å². The van der Waals surface area contributed by atoms with Gasteiger partial charge in [0.15, 0.2) is 23.3 Å². The molecule has 0 N–H and O–H groups in total. The zero-order chi connectivity index (χ0) is 28.5. The summed E-state index contributed by atoms with van der Waals surface area (Å²) < 4.78 is 40.9. The molecule has 1 aliphatic rings. The Kier molecular flexibility index (Phi) is 5.47. The topological polar surface area (TPSA) is 58.0 Å². The van der Waals surface area contributed by atoms with E-state index in [9.17, 15) is 13.2 Å².